The largest absolute Gasteiger partial charge is 0.394 e. The Balaban J connectivity index is 2.01. The van der Waals surface area contributed by atoms with Crippen LogP contribution in [0.3, 0.4) is 0 Å². The number of aliphatic hydroxyl groups is 1. The fourth-order valence-corrected chi connectivity index (χ4v) is 2.66. The molecule has 1 aromatic heterocycles. The number of rotatable bonds is 5. The third kappa shape index (κ3) is 3.37. The maximum Gasteiger partial charge on any atom is 0.237 e. The molecule has 1 saturated heterocycles. The van der Waals surface area contributed by atoms with Gasteiger partial charge in [0.15, 0.2) is 0 Å². The van der Waals surface area contributed by atoms with Crippen molar-refractivity contribution >= 4 is 5.91 Å². The van der Waals surface area contributed by atoms with E-state index in [0.717, 1.165) is 42.8 Å². The number of nitrogens with zero attached hydrogens (tertiary/aromatic N) is 2. The molecule has 1 aromatic rings. The number of amides is 1. The van der Waals surface area contributed by atoms with Gasteiger partial charge in [-0.15, -0.1) is 0 Å². The SMILES string of the molecule is Cc1nn(CCO)c(C)c1CN[C@H]1CCCCNC1=O. The Kier molecular flexibility index (Phi) is 5.14. The third-order valence-electron chi connectivity index (χ3n) is 3.90. The van der Waals surface area contributed by atoms with Gasteiger partial charge in [-0.3, -0.25) is 9.48 Å². The van der Waals surface area contributed by atoms with Crippen molar-refractivity contribution in [2.24, 2.45) is 0 Å². The second-order valence-electron chi connectivity index (χ2n) is 5.32. The number of carbonyl (C=O) groups excluding carboxylic acids is 1. The first-order chi connectivity index (χ1) is 9.63. The second kappa shape index (κ2) is 6.85. The fraction of sp³-hybridized carbons (Fsp3) is 0.714. The zero-order valence-electron chi connectivity index (χ0n) is 12.3. The average Bonchev–Trinajstić information content (AvgIpc) is 2.59. The summed E-state index contributed by atoms with van der Waals surface area (Å²) in [5.41, 5.74) is 3.13. The summed E-state index contributed by atoms with van der Waals surface area (Å²) >= 11 is 0. The van der Waals surface area contributed by atoms with Crippen LogP contribution in [0.4, 0.5) is 0 Å². The molecule has 1 fully saturated rings. The van der Waals surface area contributed by atoms with Crippen molar-refractivity contribution in [2.75, 3.05) is 13.2 Å². The van der Waals surface area contributed by atoms with Gasteiger partial charge in [0.2, 0.25) is 5.91 Å². The van der Waals surface area contributed by atoms with E-state index in [4.69, 9.17) is 5.11 Å². The molecule has 0 aromatic carbocycles. The molecule has 0 unspecified atom stereocenters. The lowest BCUT2D eigenvalue weighted by Crippen LogP contribution is -2.42. The Bertz CT molecular complexity index is 470. The summed E-state index contributed by atoms with van der Waals surface area (Å²) in [6, 6.07) is -0.113. The molecule has 1 atom stereocenters. The van der Waals surface area contributed by atoms with Crippen molar-refractivity contribution in [3.8, 4) is 0 Å². The Morgan fingerprint density at radius 1 is 1.45 bits per heavy atom. The van der Waals surface area contributed by atoms with Gasteiger partial charge in [0, 0.05) is 24.3 Å². The average molecular weight is 280 g/mol. The van der Waals surface area contributed by atoms with Crippen LogP contribution in [-0.4, -0.2) is 40.0 Å². The topological polar surface area (TPSA) is 79.2 Å². The number of nitrogens with one attached hydrogen (secondary N) is 2. The summed E-state index contributed by atoms with van der Waals surface area (Å²) in [7, 11) is 0. The number of hydrogen-bond acceptors (Lipinski definition) is 4. The molecule has 6 nitrogen and oxygen atoms in total. The summed E-state index contributed by atoms with van der Waals surface area (Å²) < 4.78 is 1.82. The van der Waals surface area contributed by atoms with Crippen molar-refractivity contribution in [1.29, 1.82) is 0 Å². The molecule has 1 aliphatic rings. The van der Waals surface area contributed by atoms with Crippen molar-refractivity contribution in [1.82, 2.24) is 20.4 Å². The molecule has 20 heavy (non-hydrogen) atoms. The van der Waals surface area contributed by atoms with Gasteiger partial charge >= 0.3 is 0 Å². The molecule has 0 bridgehead atoms. The summed E-state index contributed by atoms with van der Waals surface area (Å²) in [4.78, 5) is 11.9. The molecule has 0 aliphatic carbocycles. The van der Waals surface area contributed by atoms with E-state index in [0.29, 0.717) is 13.1 Å². The normalized spacial score (nSPS) is 19.8. The monoisotopic (exact) mass is 280 g/mol. The van der Waals surface area contributed by atoms with Crippen molar-refractivity contribution < 1.29 is 9.90 Å². The van der Waals surface area contributed by atoms with Gasteiger partial charge in [0.1, 0.15) is 0 Å². The lowest BCUT2D eigenvalue weighted by molar-refractivity contribution is -0.122. The van der Waals surface area contributed by atoms with Gasteiger partial charge < -0.3 is 15.7 Å². The maximum atomic E-state index is 11.9. The highest BCUT2D eigenvalue weighted by Gasteiger charge is 2.21. The number of aryl methyl sites for hydroxylation is 1. The summed E-state index contributed by atoms with van der Waals surface area (Å²) in [6.45, 7) is 5.98. The molecule has 3 N–H and O–H groups in total. The number of hydrogen-bond donors (Lipinski definition) is 3. The zero-order chi connectivity index (χ0) is 14.5. The fourth-order valence-electron chi connectivity index (χ4n) is 2.66. The van der Waals surface area contributed by atoms with Crippen molar-refractivity contribution in [3.63, 3.8) is 0 Å². The smallest absolute Gasteiger partial charge is 0.237 e. The van der Waals surface area contributed by atoms with Gasteiger partial charge in [0.05, 0.1) is 24.9 Å². The molecule has 0 spiro atoms. The van der Waals surface area contributed by atoms with Crippen LogP contribution in [0.2, 0.25) is 0 Å². The quantitative estimate of drug-likeness (QED) is 0.722. The highest BCUT2D eigenvalue weighted by atomic mass is 16.3. The molecule has 1 amide bonds. The van der Waals surface area contributed by atoms with Crippen LogP contribution < -0.4 is 10.6 Å². The third-order valence-corrected chi connectivity index (χ3v) is 3.90. The van der Waals surface area contributed by atoms with Gasteiger partial charge in [-0.05, 0) is 33.1 Å². The maximum absolute atomic E-state index is 11.9. The highest BCUT2D eigenvalue weighted by Crippen LogP contribution is 2.14. The summed E-state index contributed by atoms with van der Waals surface area (Å²) in [5.74, 6) is 0.0977. The van der Waals surface area contributed by atoms with Crippen LogP contribution in [0, 0.1) is 13.8 Å². The Hall–Kier alpha value is -1.40. The molecule has 0 radical (unpaired) electrons. The lowest BCUT2D eigenvalue weighted by Gasteiger charge is -2.15. The van der Waals surface area contributed by atoms with E-state index in [1.54, 1.807) is 0 Å². The Morgan fingerprint density at radius 2 is 2.25 bits per heavy atom. The van der Waals surface area contributed by atoms with Crippen LogP contribution in [0.25, 0.3) is 0 Å². The minimum Gasteiger partial charge on any atom is -0.394 e. The summed E-state index contributed by atoms with van der Waals surface area (Å²) in [5, 5.41) is 19.7. The molecule has 112 valence electrons. The first kappa shape index (κ1) is 15.0. The minimum absolute atomic E-state index is 0.0832. The molecule has 6 heteroatoms. The minimum atomic E-state index is -0.113. The van der Waals surface area contributed by atoms with Crippen molar-refractivity contribution in [3.05, 3.63) is 17.0 Å². The summed E-state index contributed by atoms with van der Waals surface area (Å²) in [6.07, 6.45) is 3.00. The van der Waals surface area contributed by atoms with E-state index >= 15 is 0 Å². The first-order valence-electron chi connectivity index (χ1n) is 7.28. The molecule has 2 rings (SSSR count). The van der Waals surface area contributed by atoms with Gasteiger partial charge in [-0.25, -0.2) is 0 Å². The Morgan fingerprint density at radius 3 is 3.00 bits per heavy atom. The predicted octanol–water partition coefficient (Wildman–Crippen LogP) is 0.251. The van der Waals surface area contributed by atoms with Crippen LogP contribution in [-0.2, 0) is 17.9 Å². The molecule has 0 saturated carbocycles. The van der Waals surface area contributed by atoms with Gasteiger partial charge in [-0.2, -0.15) is 5.10 Å². The van der Waals surface area contributed by atoms with Crippen LogP contribution in [0.1, 0.15) is 36.2 Å². The van der Waals surface area contributed by atoms with Crippen LogP contribution >= 0.6 is 0 Å². The number of carbonyl (C=O) groups is 1. The lowest BCUT2D eigenvalue weighted by atomic mass is 10.1. The second-order valence-corrected chi connectivity index (χ2v) is 5.32. The highest BCUT2D eigenvalue weighted by molar-refractivity contribution is 5.81. The standard InChI is InChI=1S/C14H24N4O2/c1-10-12(11(2)18(17-10)7-8-19)9-16-13-5-3-4-6-15-14(13)20/h13,16,19H,3-9H2,1-2H3,(H,15,20)/t13-/m0/s1. The van der Waals surface area contributed by atoms with E-state index in [1.165, 1.54) is 0 Å². The number of aliphatic hydroxyl groups excluding tert-OH is 1. The van der Waals surface area contributed by atoms with E-state index in [2.05, 4.69) is 15.7 Å². The van der Waals surface area contributed by atoms with Gasteiger partial charge in [-0.1, -0.05) is 0 Å². The van der Waals surface area contributed by atoms with E-state index in [-0.39, 0.29) is 18.6 Å². The van der Waals surface area contributed by atoms with E-state index in [9.17, 15) is 4.79 Å². The van der Waals surface area contributed by atoms with Crippen LogP contribution in [0.15, 0.2) is 0 Å². The van der Waals surface area contributed by atoms with E-state index in [1.807, 2.05) is 18.5 Å². The molecule has 2 heterocycles. The first-order valence-corrected chi connectivity index (χ1v) is 7.28. The Labute approximate surface area is 119 Å². The van der Waals surface area contributed by atoms with E-state index < -0.39 is 0 Å². The van der Waals surface area contributed by atoms with Crippen LogP contribution in [0.5, 0.6) is 0 Å². The predicted molar refractivity (Wildman–Crippen MR) is 76.3 cm³/mol. The zero-order valence-corrected chi connectivity index (χ0v) is 12.3. The van der Waals surface area contributed by atoms with Gasteiger partial charge in [0.25, 0.3) is 0 Å². The number of aromatic nitrogens is 2. The molecular formula is C14H24N4O2. The molecular weight excluding hydrogens is 256 g/mol. The van der Waals surface area contributed by atoms with Crippen molar-refractivity contribution in [2.45, 2.75) is 52.2 Å². The molecule has 1 aliphatic heterocycles.